The molecule has 8 heteroatoms. The van der Waals surface area contributed by atoms with Gasteiger partial charge in [-0.3, -0.25) is 14.4 Å². The maximum Gasteiger partial charge on any atom is 0.243 e. The molecule has 8 nitrogen and oxygen atoms in total. The molecule has 2 heterocycles. The Morgan fingerprint density at radius 3 is 2.41 bits per heavy atom. The number of hydrogen-bond acceptors (Lipinski definition) is 5. The molecule has 0 aliphatic carbocycles. The Morgan fingerprint density at radius 2 is 1.74 bits per heavy atom. The van der Waals surface area contributed by atoms with Crippen molar-refractivity contribution >= 4 is 23.4 Å². The number of hydrazone groups is 1. The topological polar surface area (TPSA) is 105 Å². The largest absolute Gasteiger partial charge is 0.497 e. The highest BCUT2D eigenvalue weighted by atomic mass is 16.5. The molecule has 0 radical (unpaired) electrons. The van der Waals surface area contributed by atoms with E-state index in [0.717, 1.165) is 29.0 Å². The summed E-state index contributed by atoms with van der Waals surface area (Å²) >= 11 is 0. The predicted molar refractivity (Wildman–Crippen MR) is 128 cm³/mol. The van der Waals surface area contributed by atoms with Crippen LogP contribution in [0.25, 0.3) is 0 Å². The van der Waals surface area contributed by atoms with Crippen molar-refractivity contribution in [1.82, 2.24) is 9.91 Å². The van der Waals surface area contributed by atoms with Crippen molar-refractivity contribution < 1.29 is 19.1 Å². The maximum absolute atomic E-state index is 13.2. The van der Waals surface area contributed by atoms with Crippen LogP contribution in [0.1, 0.15) is 49.3 Å². The molecule has 3 amide bonds. The van der Waals surface area contributed by atoms with Gasteiger partial charge in [0.15, 0.2) is 0 Å². The fourth-order valence-corrected chi connectivity index (χ4v) is 4.55. The third-order valence-electron chi connectivity index (χ3n) is 6.50. The molecule has 0 aromatic heterocycles. The van der Waals surface area contributed by atoms with E-state index in [1.165, 1.54) is 5.01 Å². The van der Waals surface area contributed by atoms with Crippen molar-refractivity contribution in [3.63, 3.8) is 0 Å². The molecule has 4 rings (SSSR count). The maximum atomic E-state index is 13.2. The molecular weight excluding hydrogens is 432 g/mol. The fourth-order valence-electron chi connectivity index (χ4n) is 4.55. The number of hydrogen-bond donors (Lipinski definition) is 1. The van der Waals surface area contributed by atoms with E-state index < -0.39 is 0 Å². The second-order valence-electron chi connectivity index (χ2n) is 8.73. The number of nitrogens with zero attached hydrogens (tertiary/aromatic N) is 3. The van der Waals surface area contributed by atoms with Crippen molar-refractivity contribution in [3.8, 4) is 5.75 Å². The number of rotatable bonds is 7. The Hall–Kier alpha value is -3.68. The normalized spacial score (nSPS) is 20.1. The number of carbonyl (C=O) groups excluding carboxylic acids is 3. The number of piperidine rings is 1. The highest BCUT2D eigenvalue weighted by molar-refractivity contribution is 6.03. The van der Waals surface area contributed by atoms with Crippen LogP contribution in [0.3, 0.4) is 0 Å². The third-order valence-corrected chi connectivity index (χ3v) is 6.50. The van der Waals surface area contributed by atoms with Gasteiger partial charge in [0.05, 0.1) is 24.8 Å². The molecule has 0 spiro atoms. The van der Waals surface area contributed by atoms with E-state index in [1.807, 2.05) is 54.6 Å². The van der Waals surface area contributed by atoms with E-state index in [1.54, 1.807) is 12.0 Å². The Bertz CT molecular complexity index is 1070. The van der Waals surface area contributed by atoms with Gasteiger partial charge in [-0.1, -0.05) is 42.5 Å². The summed E-state index contributed by atoms with van der Waals surface area (Å²) in [5, 5.41) is 6.18. The molecule has 1 saturated heterocycles. The van der Waals surface area contributed by atoms with Gasteiger partial charge in [0, 0.05) is 32.4 Å². The first-order valence-electron chi connectivity index (χ1n) is 11.6. The van der Waals surface area contributed by atoms with Gasteiger partial charge in [-0.25, -0.2) is 5.01 Å². The Morgan fingerprint density at radius 1 is 1.03 bits per heavy atom. The van der Waals surface area contributed by atoms with Crippen molar-refractivity contribution in [3.05, 3.63) is 65.7 Å². The third kappa shape index (κ3) is 5.27. The van der Waals surface area contributed by atoms with Gasteiger partial charge < -0.3 is 15.4 Å². The summed E-state index contributed by atoms with van der Waals surface area (Å²) in [6.45, 7) is 0.919. The summed E-state index contributed by atoms with van der Waals surface area (Å²) in [6, 6.07) is 17.2. The Balaban J connectivity index is 1.47. The van der Waals surface area contributed by atoms with Gasteiger partial charge >= 0.3 is 0 Å². The minimum Gasteiger partial charge on any atom is -0.497 e. The average molecular weight is 463 g/mol. The zero-order chi connectivity index (χ0) is 24.1. The number of nitrogens with two attached hydrogens (primary N) is 1. The fraction of sp³-hybridized carbons (Fsp3) is 0.385. The molecule has 0 bridgehead atoms. The van der Waals surface area contributed by atoms with Crippen molar-refractivity contribution in [1.29, 1.82) is 0 Å². The molecule has 178 valence electrons. The van der Waals surface area contributed by atoms with Crippen LogP contribution < -0.4 is 10.5 Å². The van der Waals surface area contributed by atoms with Gasteiger partial charge in [-0.2, -0.15) is 5.10 Å². The van der Waals surface area contributed by atoms with Crippen molar-refractivity contribution in [2.45, 2.75) is 38.1 Å². The molecule has 2 aliphatic rings. The first-order valence-corrected chi connectivity index (χ1v) is 11.6. The number of likely N-dealkylation sites (tertiary alicyclic amines) is 1. The minimum atomic E-state index is -0.379. The highest BCUT2D eigenvalue weighted by Crippen LogP contribution is 2.34. The van der Waals surface area contributed by atoms with Crippen LogP contribution in [0.4, 0.5) is 0 Å². The number of primary amides is 1. The summed E-state index contributed by atoms with van der Waals surface area (Å²) in [6.07, 6.45) is 2.15. The zero-order valence-electron chi connectivity index (χ0n) is 19.4. The molecule has 1 fully saturated rings. The number of ether oxygens (including phenoxy) is 1. The molecule has 2 aromatic rings. The van der Waals surface area contributed by atoms with Gasteiger partial charge in [0.1, 0.15) is 5.75 Å². The van der Waals surface area contributed by atoms with Gasteiger partial charge in [-0.05, 0) is 36.1 Å². The quantitative estimate of drug-likeness (QED) is 0.683. The van der Waals surface area contributed by atoms with Crippen LogP contribution in [0.2, 0.25) is 0 Å². The summed E-state index contributed by atoms with van der Waals surface area (Å²) in [7, 11) is 1.61. The van der Waals surface area contributed by atoms with Crippen LogP contribution in [-0.2, 0) is 14.4 Å². The standard InChI is InChI=1S/C26H30N4O4/c1-34-21-11-9-19(10-12-21)23-16-22(18-6-3-2-4-7-18)28-30(23)25(32)14-13-24(31)29-15-5-8-20(17-29)26(27)33/h2-4,6-7,9-12,20,23H,5,8,13-17H2,1H3,(H2,27,33). The highest BCUT2D eigenvalue weighted by Gasteiger charge is 2.34. The zero-order valence-corrected chi connectivity index (χ0v) is 19.4. The van der Waals surface area contributed by atoms with Crippen LogP contribution in [0.5, 0.6) is 5.75 Å². The number of methoxy groups -OCH3 is 1. The lowest BCUT2D eigenvalue weighted by atomic mass is 9.97. The first kappa shape index (κ1) is 23.5. The minimum absolute atomic E-state index is 0.0504. The van der Waals surface area contributed by atoms with E-state index in [2.05, 4.69) is 5.10 Å². The van der Waals surface area contributed by atoms with Gasteiger partial charge in [-0.15, -0.1) is 0 Å². The smallest absolute Gasteiger partial charge is 0.243 e. The Kier molecular flexibility index (Phi) is 7.25. The number of amides is 3. The molecule has 2 atom stereocenters. The van der Waals surface area contributed by atoms with E-state index in [0.29, 0.717) is 25.9 Å². The van der Waals surface area contributed by atoms with Gasteiger partial charge in [0.2, 0.25) is 17.7 Å². The molecule has 2 aromatic carbocycles. The molecular formula is C26H30N4O4. The molecule has 2 unspecified atom stereocenters. The summed E-state index contributed by atoms with van der Waals surface area (Å²) in [4.78, 5) is 39.2. The first-order chi connectivity index (χ1) is 16.5. The molecule has 2 aliphatic heterocycles. The number of benzene rings is 2. The molecule has 2 N–H and O–H groups in total. The molecule has 0 saturated carbocycles. The van der Waals surface area contributed by atoms with Crippen molar-refractivity contribution in [2.24, 2.45) is 16.8 Å². The monoisotopic (exact) mass is 462 g/mol. The van der Waals surface area contributed by atoms with Crippen LogP contribution in [0, 0.1) is 5.92 Å². The summed E-state index contributed by atoms with van der Waals surface area (Å²) in [5.74, 6) is -0.291. The van der Waals surface area contributed by atoms with Crippen molar-refractivity contribution in [2.75, 3.05) is 20.2 Å². The molecule has 34 heavy (non-hydrogen) atoms. The Labute approximate surface area is 199 Å². The number of carbonyl (C=O) groups is 3. The summed E-state index contributed by atoms with van der Waals surface area (Å²) < 4.78 is 5.26. The van der Waals surface area contributed by atoms with E-state index >= 15 is 0 Å². The van der Waals surface area contributed by atoms with Crippen LogP contribution >= 0.6 is 0 Å². The van der Waals surface area contributed by atoms with Gasteiger partial charge in [0.25, 0.3) is 0 Å². The SMILES string of the molecule is COc1ccc(C2CC(c3ccccc3)=NN2C(=O)CCC(=O)N2CCCC(C(N)=O)C2)cc1. The van der Waals surface area contributed by atoms with Crippen LogP contribution in [-0.4, -0.2) is 53.5 Å². The summed E-state index contributed by atoms with van der Waals surface area (Å²) in [5.41, 5.74) is 8.18. The average Bonchev–Trinajstić information content (AvgIpc) is 3.33. The van der Waals surface area contributed by atoms with E-state index in [9.17, 15) is 14.4 Å². The van der Waals surface area contributed by atoms with Crippen LogP contribution in [0.15, 0.2) is 59.7 Å². The lowest BCUT2D eigenvalue weighted by Gasteiger charge is -2.31. The lowest BCUT2D eigenvalue weighted by molar-refractivity contribution is -0.139. The predicted octanol–water partition coefficient (Wildman–Crippen LogP) is 2.88. The lowest BCUT2D eigenvalue weighted by Crippen LogP contribution is -2.44. The van der Waals surface area contributed by atoms with E-state index in [4.69, 9.17) is 10.5 Å². The second-order valence-corrected chi connectivity index (χ2v) is 8.73. The second kappa shape index (κ2) is 10.5. The van der Waals surface area contributed by atoms with E-state index in [-0.39, 0.29) is 42.5 Å².